The number of halogens is 1. The van der Waals surface area contributed by atoms with E-state index in [1.165, 1.54) is 13.2 Å². The Kier molecular flexibility index (Phi) is 6.92. The van der Waals surface area contributed by atoms with E-state index in [1.54, 1.807) is 42.1 Å². The summed E-state index contributed by atoms with van der Waals surface area (Å²) in [7, 11) is 4.70. The summed E-state index contributed by atoms with van der Waals surface area (Å²) < 4.78 is 26.2. The van der Waals surface area contributed by atoms with Gasteiger partial charge in [-0.15, -0.1) is 0 Å². The Bertz CT molecular complexity index is 1290. The monoisotopic (exact) mass is 459 g/mol. The molecule has 0 unspecified atom stereocenters. The molecule has 0 saturated carbocycles. The summed E-state index contributed by atoms with van der Waals surface area (Å²) in [4.78, 5) is 15.0. The number of methoxy groups -OCH3 is 2. The molecule has 1 heterocycles. The van der Waals surface area contributed by atoms with Gasteiger partial charge in [0.2, 0.25) is 0 Å². The molecule has 0 bridgehead atoms. The fraction of sp³-hybridized carbons (Fsp3) is 0.185. The molecule has 0 fully saturated rings. The molecule has 1 amide bonds. The average molecular weight is 460 g/mol. The van der Waals surface area contributed by atoms with E-state index in [0.717, 1.165) is 11.1 Å². The molecule has 7 heteroatoms. The molecule has 0 aliphatic carbocycles. The lowest BCUT2D eigenvalue weighted by atomic mass is 10.1. The number of rotatable bonds is 8. The molecule has 0 spiro atoms. The maximum atomic E-state index is 14.1. The fourth-order valence-corrected chi connectivity index (χ4v) is 3.77. The lowest BCUT2D eigenvalue weighted by molar-refractivity contribution is 0.0785. The Labute approximate surface area is 198 Å². The highest BCUT2D eigenvalue weighted by atomic mass is 19.1. The van der Waals surface area contributed by atoms with Crippen molar-refractivity contribution in [2.45, 2.75) is 13.1 Å². The highest BCUT2D eigenvalue weighted by molar-refractivity contribution is 5.99. The summed E-state index contributed by atoms with van der Waals surface area (Å²) in [5.74, 6) is 0.165. The zero-order chi connectivity index (χ0) is 24.1. The normalized spacial score (nSPS) is 10.7. The van der Waals surface area contributed by atoms with Crippen LogP contribution in [0.5, 0.6) is 11.5 Å². The number of hydrogen-bond donors (Lipinski definition) is 0. The molecule has 0 saturated heterocycles. The molecule has 6 nitrogen and oxygen atoms in total. The third kappa shape index (κ3) is 5.09. The van der Waals surface area contributed by atoms with Gasteiger partial charge >= 0.3 is 0 Å². The molecular formula is C27H26FN3O3. The summed E-state index contributed by atoms with van der Waals surface area (Å²) in [6.07, 6.45) is 1.76. The van der Waals surface area contributed by atoms with Gasteiger partial charge in [0.15, 0.2) is 11.6 Å². The van der Waals surface area contributed by atoms with Crippen molar-refractivity contribution in [2.75, 3.05) is 21.3 Å². The van der Waals surface area contributed by atoms with Crippen molar-refractivity contribution in [3.05, 3.63) is 102 Å². The summed E-state index contributed by atoms with van der Waals surface area (Å²) in [6.45, 7) is 0.764. The van der Waals surface area contributed by atoms with Gasteiger partial charge in [-0.05, 0) is 35.4 Å². The number of benzene rings is 3. The van der Waals surface area contributed by atoms with Gasteiger partial charge < -0.3 is 14.4 Å². The first-order valence-electron chi connectivity index (χ1n) is 10.8. The van der Waals surface area contributed by atoms with Gasteiger partial charge in [0.05, 0.1) is 26.3 Å². The van der Waals surface area contributed by atoms with Gasteiger partial charge in [-0.2, -0.15) is 5.10 Å². The maximum absolute atomic E-state index is 14.1. The van der Waals surface area contributed by atoms with Crippen LogP contribution in [-0.2, 0) is 13.1 Å². The molecule has 3 aromatic carbocycles. The van der Waals surface area contributed by atoms with Gasteiger partial charge in [0.25, 0.3) is 5.91 Å². The Morgan fingerprint density at radius 2 is 1.76 bits per heavy atom. The minimum Gasteiger partial charge on any atom is -0.497 e. The van der Waals surface area contributed by atoms with E-state index >= 15 is 0 Å². The number of amides is 1. The van der Waals surface area contributed by atoms with Crippen molar-refractivity contribution in [3.8, 4) is 22.8 Å². The van der Waals surface area contributed by atoms with Crippen LogP contribution in [0.3, 0.4) is 0 Å². The van der Waals surface area contributed by atoms with Crippen LogP contribution in [0, 0.1) is 5.82 Å². The zero-order valence-electron chi connectivity index (χ0n) is 19.4. The second kappa shape index (κ2) is 10.2. The summed E-state index contributed by atoms with van der Waals surface area (Å²) >= 11 is 0. The van der Waals surface area contributed by atoms with Gasteiger partial charge in [0, 0.05) is 25.4 Å². The quantitative estimate of drug-likeness (QED) is 0.371. The van der Waals surface area contributed by atoms with E-state index < -0.39 is 5.82 Å². The summed E-state index contributed by atoms with van der Waals surface area (Å²) in [6, 6.07) is 22.1. The van der Waals surface area contributed by atoms with E-state index in [1.807, 2.05) is 54.6 Å². The zero-order valence-corrected chi connectivity index (χ0v) is 19.4. The first-order chi connectivity index (χ1) is 16.5. The van der Waals surface area contributed by atoms with Crippen molar-refractivity contribution in [2.24, 2.45) is 0 Å². The number of nitrogens with zero attached hydrogens (tertiary/aromatic N) is 3. The molecule has 174 valence electrons. The second-order valence-electron chi connectivity index (χ2n) is 7.94. The number of carbonyl (C=O) groups excluding carboxylic acids is 1. The van der Waals surface area contributed by atoms with E-state index in [0.29, 0.717) is 29.1 Å². The van der Waals surface area contributed by atoms with Gasteiger partial charge in [-0.1, -0.05) is 48.5 Å². The van der Waals surface area contributed by atoms with Crippen molar-refractivity contribution < 1.29 is 18.7 Å². The van der Waals surface area contributed by atoms with Crippen molar-refractivity contribution in [1.82, 2.24) is 14.7 Å². The first kappa shape index (κ1) is 23.0. The average Bonchev–Trinajstić information content (AvgIpc) is 3.28. The SMILES string of the molecule is COc1cccc(-c2nn(Cc3ccccc3)cc2C(=O)N(C)Cc2ccc(OC)c(F)c2)c1. The Morgan fingerprint density at radius 3 is 2.47 bits per heavy atom. The van der Waals surface area contributed by atoms with E-state index in [-0.39, 0.29) is 18.2 Å². The molecule has 0 atom stereocenters. The van der Waals surface area contributed by atoms with Gasteiger partial charge in [0.1, 0.15) is 11.4 Å². The molecule has 0 aliphatic heterocycles. The Morgan fingerprint density at radius 1 is 0.971 bits per heavy atom. The first-order valence-corrected chi connectivity index (χ1v) is 10.8. The molecule has 0 radical (unpaired) electrons. The second-order valence-corrected chi connectivity index (χ2v) is 7.94. The summed E-state index contributed by atoms with van der Waals surface area (Å²) in [5, 5.41) is 4.74. The standard InChI is InChI=1S/C27H26FN3O3/c1-30(16-20-12-13-25(34-3)24(28)14-20)27(32)23-18-31(17-19-8-5-4-6-9-19)29-26(23)21-10-7-11-22(15-21)33-2/h4-15,18H,16-17H2,1-3H3. The van der Waals surface area contributed by atoms with Crippen LogP contribution in [0.1, 0.15) is 21.5 Å². The predicted molar refractivity (Wildman–Crippen MR) is 129 cm³/mol. The van der Waals surface area contributed by atoms with Crippen LogP contribution in [0.25, 0.3) is 11.3 Å². The largest absolute Gasteiger partial charge is 0.497 e. The number of carbonyl (C=O) groups is 1. The molecule has 0 aliphatic rings. The highest BCUT2D eigenvalue weighted by Gasteiger charge is 2.22. The van der Waals surface area contributed by atoms with Crippen molar-refractivity contribution in [3.63, 3.8) is 0 Å². The van der Waals surface area contributed by atoms with E-state index in [4.69, 9.17) is 14.6 Å². The van der Waals surface area contributed by atoms with Gasteiger partial charge in [-0.3, -0.25) is 9.48 Å². The van der Waals surface area contributed by atoms with Crippen LogP contribution in [0.4, 0.5) is 4.39 Å². The Hall–Kier alpha value is -4.13. The lowest BCUT2D eigenvalue weighted by Crippen LogP contribution is -2.26. The molecule has 4 rings (SSSR count). The number of ether oxygens (including phenoxy) is 2. The number of aromatic nitrogens is 2. The third-order valence-electron chi connectivity index (χ3n) is 5.51. The molecule has 1 aromatic heterocycles. The van der Waals surface area contributed by atoms with Crippen LogP contribution >= 0.6 is 0 Å². The third-order valence-corrected chi connectivity index (χ3v) is 5.51. The summed E-state index contributed by atoms with van der Waals surface area (Å²) in [5.41, 5.74) is 3.53. The highest BCUT2D eigenvalue weighted by Crippen LogP contribution is 2.27. The van der Waals surface area contributed by atoms with Crippen LogP contribution in [0.15, 0.2) is 79.0 Å². The van der Waals surface area contributed by atoms with Crippen molar-refractivity contribution >= 4 is 5.91 Å². The van der Waals surface area contributed by atoms with Crippen LogP contribution < -0.4 is 9.47 Å². The maximum Gasteiger partial charge on any atom is 0.257 e. The van der Waals surface area contributed by atoms with Crippen LogP contribution in [0.2, 0.25) is 0 Å². The topological polar surface area (TPSA) is 56.6 Å². The van der Waals surface area contributed by atoms with Crippen LogP contribution in [-0.4, -0.2) is 41.9 Å². The van der Waals surface area contributed by atoms with E-state index in [9.17, 15) is 9.18 Å². The minimum atomic E-state index is -0.464. The molecular weight excluding hydrogens is 433 g/mol. The van der Waals surface area contributed by atoms with E-state index in [2.05, 4.69) is 0 Å². The number of hydrogen-bond acceptors (Lipinski definition) is 4. The molecule has 34 heavy (non-hydrogen) atoms. The molecule has 0 N–H and O–H groups in total. The minimum absolute atomic E-state index is 0.167. The smallest absolute Gasteiger partial charge is 0.257 e. The lowest BCUT2D eigenvalue weighted by Gasteiger charge is -2.17. The predicted octanol–water partition coefficient (Wildman–Crippen LogP) is 5.03. The van der Waals surface area contributed by atoms with Crippen molar-refractivity contribution in [1.29, 1.82) is 0 Å². The van der Waals surface area contributed by atoms with Gasteiger partial charge in [-0.25, -0.2) is 4.39 Å². The Balaban J connectivity index is 1.66. The molecule has 4 aromatic rings. The fourth-order valence-electron chi connectivity index (χ4n) is 3.77.